The number of non-ortho nitro benzene ring substituents is 1. The predicted octanol–water partition coefficient (Wildman–Crippen LogP) is 1.02. The van der Waals surface area contributed by atoms with Crippen LogP contribution in [0.5, 0.6) is 0 Å². The number of nitrogens with two attached hydrogens (primary N) is 1. The van der Waals surface area contributed by atoms with Crippen LogP contribution >= 0.6 is 0 Å². The van der Waals surface area contributed by atoms with Gasteiger partial charge in [-0.05, 0) is 12.5 Å². The van der Waals surface area contributed by atoms with E-state index in [2.05, 4.69) is 10.6 Å². The van der Waals surface area contributed by atoms with Crippen LogP contribution in [0, 0.1) is 10.1 Å². The van der Waals surface area contributed by atoms with E-state index >= 15 is 0 Å². The SMILES string of the molecule is CCCNc1ccc([N+](=O)[O-])cc1C(=O)NCCC(N)=O. The first-order chi connectivity index (χ1) is 9.95. The molecule has 4 N–H and O–H groups in total. The Morgan fingerprint density at radius 3 is 2.62 bits per heavy atom. The molecule has 0 atom stereocenters. The van der Waals surface area contributed by atoms with Crippen LogP contribution in [0.2, 0.25) is 0 Å². The van der Waals surface area contributed by atoms with Crippen LogP contribution in [-0.2, 0) is 4.79 Å². The average Bonchev–Trinajstić information content (AvgIpc) is 2.44. The normalized spacial score (nSPS) is 9.95. The van der Waals surface area contributed by atoms with E-state index in [1.807, 2.05) is 6.92 Å². The first kappa shape index (κ1) is 16.4. The van der Waals surface area contributed by atoms with Gasteiger partial charge in [0.15, 0.2) is 0 Å². The van der Waals surface area contributed by atoms with Gasteiger partial charge in [-0.1, -0.05) is 6.92 Å². The summed E-state index contributed by atoms with van der Waals surface area (Å²) >= 11 is 0. The number of carbonyl (C=O) groups excluding carboxylic acids is 2. The van der Waals surface area contributed by atoms with Gasteiger partial charge in [0.2, 0.25) is 5.91 Å². The second-order valence-electron chi connectivity index (χ2n) is 4.39. The van der Waals surface area contributed by atoms with Gasteiger partial charge in [0.1, 0.15) is 0 Å². The third-order valence-electron chi connectivity index (χ3n) is 2.68. The summed E-state index contributed by atoms with van der Waals surface area (Å²) in [7, 11) is 0. The van der Waals surface area contributed by atoms with Gasteiger partial charge in [-0.15, -0.1) is 0 Å². The Bertz CT molecular complexity index is 545. The number of primary amides is 1. The molecule has 0 aromatic heterocycles. The number of nitrogens with zero attached hydrogens (tertiary/aromatic N) is 1. The molecule has 114 valence electrons. The van der Waals surface area contributed by atoms with Crippen LogP contribution in [-0.4, -0.2) is 29.8 Å². The molecule has 1 aromatic rings. The molecule has 0 aliphatic carbocycles. The van der Waals surface area contributed by atoms with Gasteiger partial charge in [-0.3, -0.25) is 19.7 Å². The smallest absolute Gasteiger partial charge is 0.270 e. The minimum Gasteiger partial charge on any atom is -0.384 e. The average molecular weight is 294 g/mol. The lowest BCUT2D eigenvalue weighted by atomic mass is 10.1. The van der Waals surface area contributed by atoms with Crippen LogP contribution < -0.4 is 16.4 Å². The molecule has 0 spiro atoms. The fourth-order valence-corrected chi connectivity index (χ4v) is 1.64. The van der Waals surface area contributed by atoms with Gasteiger partial charge >= 0.3 is 0 Å². The quantitative estimate of drug-likeness (QED) is 0.487. The number of benzene rings is 1. The molecule has 0 fully saturated rings. The second-order valence-corrected chi connectivity index (χ2v) is 4.39. The third kappa shape index (κ3) is 5.09. The number of hydrogen-bond acceptors (Lipinski definition) is 5. The predicted molar refractivity (Wildman–Crippen MR) is 78.0 cm³/mol. The lowest BCUT2D eigenvalue weighted by Gasteiger charge is -2.11. The lowest BCUT2D eigenvalue weighted by Crippen LogP contribution is -2.28. The molecule has 0 aliphatic heterocycles. The van der Waals surface area contributed by atoms with Crippen molar-refractivity contribution < 1.29 is 14.5 Å². The maximum Gasteiger partial charge on any atom is 0.270 e. The van der Waals surface area contributed by atoms with Crippen molar-refractivity contribution in [3.8, 4) is 0 Å². The van der Waals surface area contributed by atoms with Gasteiger partial charge in [0.25, 0.3) is 11.6 Å². The summed E-state index contributed by atoms with van der Waals surface area (Å²) in [5.41, 5.74) is 5.50. The van der Waals surface area contributed by atoms with Gasteiger partial charge in [0.05, 0.1) is 10.5 Å². The minimum atomic E-state index is -0.566. The van der Waals surface area contributed by atoms with Crippen molar-refractivity contribution in [2.24, 2.45) is 5.73 Å². The molecule has 1 rings (SSSR count). The Morgan fingerprint density at radius 2 is 2.05 bits per heavy atom. The van der Waals surface area contributed by atoms with Crippen LogP contribution in [0.25, 0.3) is 0 Å². The van der Waals surface area contributed by atoms with Crippen molar-refractivity contribution in [2.45, 2.75) is 19.8 Å². The molecule has 0 bridgehead atoms. The van der Waals surface area contributed by atoms with E-state index in [-0.39, 0.29) is 24.2 Å². The summed E-state index contributed by atoms with van der Waals surface area (Å²) in [6.07, 6.45) is 0.859. The van der Waals surface area contributed by atoms with Crippen LogP contribution in [0.1, 0.15) is 30.1 Å². The van der Waals surface area contributed by atoms with Crippen LogP contribution in [0.3, 0.4) is 0 Å². The van der Waals surface area contributed by atoms with E-state index in [1.54, 1.807) is 0 Å². The maximum absolute atomic E-state index is 12.1. The molecule has 2 amide bonds. The van der Waals surface area contributed by atoms with Crippen molar-refractivity contribution in [2.75, 3.05) is 18.4 Å². The minimum absolute atomic E-state index is 0.0123. The third-order valence-corrected chi connectivity index (χ3v) is 2.68. The standard InChI is InChI=1S/C13H18N4O4/c1-2-6-15-11-4-3-9(17(20)21)8-10(11)13(19)16-7-5-12(14)18/h3-4,8,15H,2,5-7H2,1H3,(H2,14,18)(H,16,19). The molecule has 0 unspecified atom stereocenters. The molecule has 1 aromatic carbocycles. The van der Waals surface area contributed by atoms with Gasteiger partial charge in [-0.2, -0.15) is 0 Å². The number of rotatable bonds is 8. The molecule has 0 saturated carbocycles. The Morgan fingerprint density at radius 1 is 1.33 bits per heavy atom. The molecule has 0 heterocycles. The molecular weight excluding hydrogens is 276 g/mol. The highest BCUT2D eigenvalue weighted by Crippen LogP contribution is 2.22. The molecule has 8 heteroatoms. The summed E-state index contributed by atoms with van der Waals surface area (Å²) in [6.45, 7) is 2.69. The zero-order valence-corrected chi connectivity index (χ0v) is 11.7. The van der Waals surface area contributed by atoms with Crippen molar-refractivity contribution in [1.29, 1.82) is 0 Å². The number of amides is 2. The molecular formula is C13H18N4O4. The monoisotopic (exact) mass is 294 g/mol. The van der Waals surface area contributed by atoms with E-state index in [0.717, 1.165) is 6.42 Å². The fraction of sp³-hybridized carbons (Fsp3) is 0.385. The van der Waals surface area contributed by atoms with E-state index in [1.165, 1.54) is 18.2 Å². The topological polar surface area (TPSA) is 127 Å². The summed E-state index contributed by atoms with van der Waals surface area (Å²) in [6, 6.07) is 4.03. The first-order valence-corrected chi connectivity index (χ1v) is 6.54. The Labute approximate surface area is 121 Å². The number of hydrogen-bond donors (Lipinski definition) is 3. The molecule has 0 aliphatic rings. The van der Waals surface area contributed by atoms with Gasteiger partial charge in [0, 0.05) is 37.3 Å². The number of nitro benzene ring substituents is 1. The fourth-order valence-electron chi connectivity index (χ4n) is 1.64. The van der Waals surface area contributed by atoms with E-state index in [9.17, 15) is 19.7 Å². The number of nitrogens with one attached hydrogen (secondary N) is 2. The van der Waals surface area contributed by atoms with Crippen molar-refractivity contribution >= 4 is 23.2 Å². The van der Waals surface area contributed by atoms with Gasteiger partial charge < -0.3 is 16.4 Å². The number of carbonyl (C=O) groups is 2. The lowest BCUT2D eigenvalue weighted by molar-refractivity contribution is -0.384. The Hall–Kier alpha value is -2.64. The summed E-state index contributed by atoms with van der Waals surface area (Å²) in [5, 5.41) is 16.3. The molecule has 21 heavy (non-hydrogen) atoms. The zero-order chi connectivity index (χ0) is 15.8. The van der Waals surface area contributed by atoms with E-state index in [0.29, 0.717) is 12.2 Å². The Balaban J connectivity index is 2.92. The number of anilines is 1. The summed E-state index contributed by atoms with van der Waals surface area (Å²) in [5.74, 6) is -1.02. The summed E-state index contributed by atoms with van der Waals surface area (Å²) in [4.78, 5) is 32.9. The van der Waals surface area contributed by atoms with Gasteiger partial charge in [-0.25, -0.2) is 0 Å². The van der Waals surface area contributed by atoms with E-state index < -0.39 is 16.7 Å². The molecule has 8 nitrogen and oxygen atoms in total. The largest absolute Gasteiger partial charge is 0.384 e. The van der Waals surface area contributed by atoms with Crippen molar-refractivity contribution in [3.63, 3.8) is 0 Å². The molecule has 0 saturated heterocycles. The van der Waals surface area contributed by atoms with E-state index in [4.69, 9.17) is 5.73 Å². The summed E-state index contributed by atoms with van der Waals surface area (Å²) < 4.78 is 0. The second kappa shape index (κ2) is 7.83. The highest BCUT2D eigenvalue weighted by atomic mass is 16.6. The van der Waals surface area contributed by atoms with Crippen molar-refractivity contribution in [3.05, 3.63) is 33.9 Å². The first-order valence-electron chi connectivity index (χ1n) is 6.54. The maximum atomic E-state index is 12.1. The highest BCUT2D eigenvalue weighted by molar-refractivity contribution is 6.00. The van der Waals surface area contributed by atoms with Crippen LogP contribution in [0.4, 0.5) is 11.4 Å². The Kier molecular flexibility index (Phi) is 6.12. The zero-order valence-electron chi connectivity index (χ0n) is 11.7. The highest BCUT2D eigenvalue weighted by Gasteiger charge is 2.16. The number of nitro groups is 1. The van der Waals surface area contributed by atoms with Crippen molar-refractivity contribution in [1.82, 2.24) is 5.32 Å². The molecule has 0 radical (unpaired) electrons. The van der Waals surface area contributed by atoms with Crippen LogP contribution in [0.15, 0.2) is 18.2 Å².